The lowest BCUT2D eigenvalue weighted by atomic mass is 10.1. The first-order chi connectivity index (χ1) is 14.5. The summed E-state index contributed by atoms with van der Waals surface area (Å²) >= 11 is 0. The highest BCUT2D eigenvalue weighted by atomic mass is 32.2. The Hall–Kier alpha value is -2.85. The minimum Gasteiger partial charge on any atom is -0.289 e. The second-order valence-corrected chi connectivity index (χ2v) is 9.81. The van der Waals surface area contributed by atoms with Gasteiger partial charge in [0.25, 0.3) is 12.0 Å². The number of benzene rings is 2. The van der Waals surface area contributed by atoms with Gasteiger partial charge in [-0.1, -0.05) is 18.2 Å². The van der Waals surface area contributed by atoms with Gasteiger partial charge in [0.05, 0.1) is 22.3 Å². The Morgan fingerprint density at radius 1 is 1.13 bits per heavy atom. The molecule has 4 rings (SSSR count). The lowest BCUT2D eigenvalue weighted by Crippen LogP contribution is -2.38. The molecule has 0 spiro atoms. The normalized spacial score (nSPS) is 15.5. The van der Waals surface area contributed by atoms with E-state index in [4.69, 9.17) is 0 Å². The number of sulfonamides is 1. The van der Waals surface area contributed by atoms with Gasteiger partial charge in [-0.15, -0.1) is 0 Å². The molecule has 1 fully saturated rings. The third-order valence-electron chi connectivity index (χ3n) is 5.55. The minimum absolute atomic E-state index is 0.0492. The van der Waals surface area contributed by atoms with E-state index in [2.05, 4.69) is 4.72 Å². The average molecular weight is 449 g/mol. The van der Waals surface area contributed by atoms with Crippen molar-refractivity contribution < 1.29 is 17.2 Å². The zero-order valence-electron chi connectivity index (χ0n) is 16.9. The number of fused-ring (bicyclic) bond motifs is 1. The van der Waals surface area contributed by atoms with E-state index >= 15 is 0 Å². The Bertz CT molecular complexity index is 1410. The Kier molecular flexibility index (Phi) is 5.09. The molecule has 1 heterocycles. The Labute approximate surface area is 177 Å². The number of nitrogens with one attached hydrogen (secondary N) is 1. The van der Waals surface area contributed by atoms with Gasteiger partial charge in [0.1, 0.15) is 0 Å². The molecular weight excluding hydrogens is 428 g/mol. The largest absolute Gasteiger partial charge is 0.331 e. The van der Waals surface area contributed by atoms with Gasteiger partial charge in [-0.3, -0.25) is 13.9 Å². The van der Waals surface area contributed by atoms with Gasteiger partial charge in [-0.05, 0) is 49.6 Å². The fourth-order valence-electron chi connectivity index (χ4n) is 3.48. The van der Waals surface area contributed by atoms with Crippen LogP contribution >= 0.6 is 0 Å². The van der Waals surface area contributed by atoms with Gasteiger partial charge in [-0.25, -0.2) is 26.7 Å². The van der Waals surface area contributed by atoms with Gasteiger partial charge in [-0.2, -0.15) is 0 Å². The predicted octanol–water partition coefficient (Wildman–Crippen LogP) is 2.52. The molecule has 0 bridgehead atoms. The van der Waals surface area contributed by atoms with Crippen LogP contribution < -0.4 is 16.0 Å². The molecule has 0 aliphatic heterocycles. The van der Waals surface area contributed by atoms with Crippen LogP contribution in [0.5, 0.6) is 0 Å². The SMILES string of the molecule is Cn1c(=O)c2cc(S(=O)(=O)NC3(C)CC3)ccc2n(Cc2cccc(C(F)F)c2)c1=O. The summed E-state index contributed by atoms with van der Waals surface area (Å²) in [6.45, 7) is 1.75. The second kappa shape index (κ2) is 7.38. The number of halogens is 2. The number of aromatic nitrogens is 2. The van der Waals surface area contributed by atoms with Crippen molar-refractivity contribution in [3.8, 4) is 0 Å². The highest BCUT2D eigenvalue weighted by Gasteiger charge is 2.41. The first-order valence-electron chi connectivity index (χ1n) is 9.65. The molecule has 10 heteroatoms. The molecule has 1 aromatic heterocycles. The molecule has 0 unspecified atom stereocenters. The molecular formula is C21H21F2N3O4S. The number of alkyl halides is 2. The molecule has 164 valence electrons. The maximum absolute atomic E-state index is 13.0. The Morgan fingerprint density at radius 2 is 1.84 bits per heavy atom. The Balaban J connectivity index is 1.84. The third-order valence-corrected chi connectivity index (χ3v) is 7.18. The molecule has 2 aromatic carbocycles. The summed E-state index contributed by atoms with van der Waals surface area (Å²) in [5.41, 5.74) is -1.22. The monoisotopic (exact) mass is 449 g/mol. The van der Waals surface area contributed by atoms with Gasteiger partial charge in [0.2, 0.25) is 10.0 Å². The molecule has 1 N–H and O–H groups in total. The summed E-state index contributed by atoms with van der Waals surface area (Å²) in [6, 6.07) is 9.65. The van der Waals surface area contributed by atoms with E-state index in [1.807, 2.05) is 0 Å². The van der Waals surface area contributed by atoms with Crippen LogP contribution in [0.2, 0.25) is 0 Å². The number of hydrogen-bond acceptors (Lipinski definition) is 4. The van der Waals surface area contributed by atoms with E-state index in [0.29, 0.717) is 5.56 Å². The molecule has 0 saturated heterocycles. The Morgan fingerprint density at radius 3 is 2.48 bits per heavy atom. The van der Waals surface area contributed by atoms with Crippen LogP contribution in [0.4, 0.5) is 8.78 Å². The number of rotatable bonds is 6. The number of hydrogen-bond donors (Lipinski definition) is 1. The average Bonchev–Trinajstić information content (AvgIpc) is 3.45. The standard InChI is InChI=1S/C21H21F2N3O4S/c1-21(8-9-21)24-31(29,30)15-6-7-17-16(11-15)19(27)25(2)20(28)26(17)12-13-4-3-5-14(10-13)18(22)23/h3-7,10-11,18,24H,8-9,12H2,1-2H3. The maximum Gasteiger partial charge on any atom is 0.331 e. The number of nitrogens with zero attached hydrogens (tertiary/aromatic N) is 2. The van der Waals surface area contributed by atoms with Crippen LogP contribution in [0.3, 0.4) is 0 Å². The predicted molar refractivity (Wildman–Crippen MR) is 112 cm³/mol. The summed E-state index contributed by atoms with van der Waals surface area (Å²) in [4.78, 5) is 25.4. The zero-order chi connectivity index (χ0) is 22.6. The smallest absolute Gasteiger partial charge is 0.289 e. The van der Waals surface area contributed by atoms with E-state index in [0.717, 1.165) is 17.4 Å². The fourth-order valence-corrected chi connectivity index (χ4v) is 4.97. The van der Waals surface area contributed by atoms with Crippen LogP contribution in [-0.4, -0.2) is 23.1 Å². The van der Waals surface area contributed by atoms with Crippen molar-refractivity contribution in [1.82, 2.24) is 13.9 Å². The third kappa shape index (κ3) is 4.05. The quantitative estimate of drug-likeness (QED) is 0.626. The van der Waals surface area contributed by atoms with Gasteiger partial charge >= 0.3 is 5.69 Å². The topological polar surface area (TPSA) is 90.2 Å². The highest BCUT2D eigenvalue weighted by Crippen LogP contribution is 2.36. The molecule has 1 aliphatic carbocycles. The summed E-state index contributed by atoms with van der Waals surface area (Å²) < 4.78 is 56.3. The molecule has 0 atom stereocenters. The molecule has 7 nitrogen and oxygen atoms in total. The lowest BCUT2D eigenvalue weighted by Gasteiger charge is -2.15. The zero-order valence-corrected chi connectivity index (χ0v) is 17.7. The van der Waals surface area contributed by atoms with E-state index in [-0.39, 0.29) is 27.9 Å². The summed E-state index contributed by atoms with van der Waals surface area (Å²) in [5, 5.41) is 0.0518. The van der Waals surface area contributed by atoms with E-state index in [1.165, 1.54) is 48.0 Å². The van der Waals surface area contributed by atoms with E-state index in [1.54, 1.807) is 13.0 Å². The van der Waals surface area contributed by atoms with Crippen molar-refractivity contribution in [2.75, 3.05) is 0 Å². The van der Waals surface area contributed by atoms with Gasteiger partial charge in [0, 0.05) is 18.2 Å². The first kappa shape index (κ1) is 21.4. The van der Waals surface area contributed by atoms with Crippen molar-refractivity contribution in [3.05, 3.63) is 74.4 Å². The molecule has 0 amide bonds. The molecule has 0 radical (unpaired) electrons. The van der Waals surface area contributed by atoms with Gasteiger partial charge in [0.15, 0.2) is 0 Å². The summed E-state index contributed by atoms with van der Waals surface area (Å²) in [6.07, 6.45) is -1.18. The second-order valence-electron chi connectivity index (χ2n) is 8.12. The van der Waals surface area contributed by atoms with E-state index < -0.39 is 33.2 Å². The molecule has 3 aromatic rings. The van der Waals surface area contributed by atoms with Crippen LogP contribution in [0.25, 0.3) is 10.9 Å². The molecule has 1 aliphatic rings. The van der Waals surface area contributed by atoms with Crippen molar-refractivity contribution >= 4 is 20.9 Å². The van der Waals surface area contributed by atoms with Crippen molar-refractivity contribution in [2.45, 2.75) is 43.2 Å². The van der Waals surface area contributed by atoms with Crippen LogP contribution in [0.15, 0.2) is 56.9 Å². The molecule has 1 saturated carbocycles. The summed E-state index contributed by atoms with van der Waals surface area (Å²) in [5.74, 6) is 0. The fraction of sp³-hybridized carbons (Fsp3) is 0.333. The van der Waals surface area contributed by atoms with Crippen LogP contribution in [0.1, 0.15) is 37.3 Å². The maximum atomic E-state index is 13.0. The highest BCUT2D eigenvalue weighted by molar-refractivity contribution is 7.89. The van der Waals surface area contributed by atoms with Crippen molar-refractivity contribution in [2.24, 2.45) is 7.05 Å². The van der Waals surface area contributed by atoms with Crippen molar-refractivity contribution in [3.63, 3.8) is 0 Å². The minimum atomic E-state index is -3.84. The first-order valence-corrected chi connectivity index (χ1v) is 11.1. The van der Waals surface area contributed by atoms with E-state index in [9.17, 15) is 26.8 Å². The van der Waals surface area contributed by atoms with Crippen molar-refractivity contribution in [1.29, 1.82) is 0 Å². The lowest BCUT2D eigenvalue weighted by molar-refractivity contribution is 0.151. The van der Waals surface area contributed by atoms with Crippen LogP contribution in [-0.2, 0) is 23.6 Å². The molecule has 31 heavy (non-hydrogen) atoms. The summed E-state index contributed by atoms with van der Waals surface area (Å²) in [7, 11) is -2.55. The van der Waals surface area contributed by atoms with Gasteiger partial charge < -0.3 is 0 Å². The van der Waals surface area contributed by atoms with Crippen LogP contribution in [0, 0.1) is 0 Å².